The SMILES string of the molecule is CNc1cnc(COCc2ccccc2)cn1. The van der Waals surface area contributed by atoms with Gasteiger partial charge in [0, 0.05) is 7.05 Å². The van der Waals surface area contributed by atoms with Gasteiger partial charge >= 0.3 is 0 Å². The molecule has 0 saturated carbocycles. The molecule has 0 radical (unpaired) electrons. The van der Waals surface area contributed by atoms with Crippen molar-refractivity contribution in [3.8, 4) is 0 Å². The van der Waals surface area contributed by atoms with E-state index in [-0.39, 0.29) is 0 Å². The van der Waals surface area contributed by atoms with Crippen molar-refractivity contribution in [3.63, 3.8) is 0 Å². The first-order valence-corrected chi connectivity index (χ1v) is 5.49. The van der Waals surface area contributed by atoms with Crippen LogP contribution in [0.25, 0.3) is 0 Å². The number of nitrogens with one attached hydrogen (secondary N) is 1. The molecule has 0 amide bonds. The van der Waals surface area contributed by atoms with Gasteiger partial charge in [-0.05, 0) is 5.56 Å². The number of benzene rings is 1. The van der Waals surface area contributed by atoms with Crippen LogP contribution in [0, 0.1) is 0 Å². The largest absolute Gasteiger partial charge is 0.372 e. The first-order chi connectivity index (χ1) is 8.38. The van der Waals surface area contributed by atoms with Gasteiger partial charge in [-0.1, -0.05) is 30.3 Å². The minimum atomic E-state index is 0.478. The van der Waals surface area contributed by atoms with E-state index in [0.29, 0.717) is 13.2 Å². The molecule has 1 aromatic heterocycles. The van der Waals surface area contributed by atoms with Crippen LogP contribution in [0.5, 0.6) is 0 Å². The van der Waals surface area contributed by atoms with Crippen LogP contribution < -0.4 is 5.32 Å². The molecule has 88 valence electrons. The highest BCUT2D eigenvalue weighted by molar-refractivity contribution is 5.29. The van der Waals surface area contributed by atoms with Crippen LogP contribution in [0.2, 0.25) is 0 Å². The zero-order valence-electron chi connectivity index (χ0n) is 9.76. The number of aromatic nitrogens is 2. The second-order valence-corrected chi connectivity index (χ2v) is 3.62. The number of ether oxygens (including phenoxy) is 1. The lowest BCUT2D eigenvalue weighted by Gasteiger charge is -2.04. The van der Waals surface area contributed by atoms with Crippen LogP contribution in [0.4, 0.5) is 5.82 Å². The van der Waals surface area contributed by atoms with E-state index in [4.69, 9.17) is 4.74 Å². The van der Waals surface area contributed by atoms with E-state index < -0.39 is 0 Å². The number of hydrogen-bond donors (Lipinski definition) is 1. The van der Waals surface area contributed by atoms with Gasteiger partial charge in [0.25, 0.3) is 0 Å². The Kier molecular flexibility index (Phi) is 4.05. The summed E-state index contributed by atoms with van der Waals surface area (Å²) in [6.07, 6.45) is 3.41. The normalized spacial score (nSPS) is 10.2. The first-order valence-electron chi connectivity index (χ1n) is 5.49. The van der Waals surface area contributed by atoms with Crippen molar-refractivity contribution in [2.24, 2.45) is 0 Å². The molecule has 1 N–H and O–H groups in total. The zero-order chi connectivity index (χ0) is 11.9. The third-order valence-corrected chi connectivity index (χ3v) is 2.32. The summed E-state index contributed by atoms with van der Waals surface area (Å²) >= 11 is 0. The van der Waals surface area contributed by atoms with Crippen LogP contribution in [-0.2, 0) is 18.0 Å². The van der Waals surface area contributed by atoms with Gasteiger partial charge < -0.3 is 10.1 Å². The third kappa shape index (κ3) is 3.53. The van der Waals surface area contributed by atoms with E-state index in [0.717, 1.165) is 17.1 Å². The van der Waals surface area contributed by atoms with Crippen molar-refractivity contribution in [2.45, 2.75) is 13.2 Å². The summed E-state index contributed by atoms with van der Waals surface area (Å²) in [5.74, 6) is 0.761. The fourth-order valence-corrected chi connectivity index (χ4v) is 1.41. The topological polar surface area (TPSA) is 47.0 Å². The molecule has 4 heteroatoms. The number of nitrogens with zero attached hydrogens (tertiary/aromatic N) is 2. The average molecular weight is 229 g/mol. The van der Waals surface area contributed by atoms with Gasteiger partial charge in [0.05, 0.1) is 31.3 Å². The molecule has 0 unspecified atom stereocenters. The van der Waals surface area contributed by atoms with Crippen molar-refractivity contribution >= 4 is 5.82 Å². The van der Waals surface area contributed by atoms with Gasteiger partial charge in [-0.3, -0.25) is 4.98 Å². The summed E-state index contributed by atoms with van der Waals surface area (Å²) in [7, 11) is 1.82. The summed E-state index contributed by atoms with van der Waals surface area (Å²) in [5, 5.41) is 2.92. The number of anilines is 1. The van der Waals surface area contributed by atoms with Crippen molar-refractivity contribution < 1.29 is 4.74 Å². The van der Waals surface area contributed by atoms with Crippen LogP contribution in [0.15, 0.2) is 42.7 Å². The maximum atomic E-state index is 5.56. The van der Waals surface area contributed by atoms with E-state index >= 15 is 0 Å². The minimum Gasteiger partial charge on any atom is -0.372 e. The summed E-state index contributed by atoms with van der Waals surface area (Å²) in [4.78, 5) is 8.40. The Morgan fingerprint density at radius 3 is 2.53 bits per heavy atom. The molecule has 1 heterocycles. The summed E-state index contributed by atoms with van der Waals surface area (Å²) < 4.78 is 5.56. The highest BCUT2D eigenvalue weighted by Gasteiger charge is 1.97. The molecule has 0 spiro atoms. The Bertz CT molecular complexity index is 442. The standard InChI is InChI=1S/C13H15N3O/c1-14-13-8-15-12(7-16-13)10-17-9-11-5-3-2-4-6-11/h2-8H,9-10H2,1H3,(H,14,16). The first kappa shape index (κ1) is 11.5. The molecule has 2 aromatic rings. The molecule has 4 nitrogen and oxygen atoms in total. The fraction of sp³-hybridized carbons (Fsp3) is 0.231. The third-order valence-electron chi connectivity index (χ3n) is 2.32. The monoisotopic (exact) mass is 229 g/mol. The van der Waals surface area contributed by atoms with E-state index in [2.05, 4.69) is 15.3 Å². The molecule has 0 fully saturated rings. The van der Waals surface area contributed by atoms with Gasteiger partial charge in [0.1, 0.15) is 5.82 Å². The summed E-state index contributed by atoms with van der Waals surface area (Å²) in [5.41, 5.74) is 1.99. The van der Waals surface area contributed by atoms with E-state index in [1.54, 1.807) is 12.4 Å². The summed E-state index contributed by atoms with van der Waals surface area (Å²) in [6.45, 7) is 1.07. The number of hydrogen-bond acceptors (Lipinski definition) is 4. The molecule has 0 atom stereocenters. The minimum absolute atomic E-state index is 0.478. The van der Waals surface area contributed by atoms with Gasteiger partial charge in [0.15, 0.2) is 0 Å². The second-order valence-electron chi connectivity index (χ2n) is 3.62. The van der Waals surface area contributed by atoms with E-state index in [1.165, 1.54) is 0 Å². The molecule has 2 rings (SSSR count). The smallest absolute Gasteiger partial charge is 0.144 e. The van der Waals surface area contributed by atoms with Crippen molar-refractivity contribution in [3.05, 3.63) is 54.0 Å². The average Bonchev–Trinajstić information content (AvgIpc) is 2.41. The van der Waals surface area contributed by atoms with Crippen molar-refractivity contribution in [1.29, 1.82) is 0 Å². The van der Waals surface area contributed by atoms with Gasteiger partial charge in [-0.25, -0.2) is 4.98 Å². The molecule has 0 aliphatic rings. The van der Waals surface area contributed by atoms with E-state index in [1.807, 2.05) is 37.4 Å². The van der Waals surface area contributed by atoms with Gasteiger partial charge in [0.2, 0.25) is 0 Å². The highest BCUT2D eigenvalue weighted by Crippen LogP contribution is 2.04. The quantitative estimate of drug-likeness (QED) is 0.854. The van der Waals surface area contributed by atoms with Gasteiger partial charge in [-0.2, -0.15) is 0 Å². The van der Waals surface area contributed by atoms with Crippen LogP contribution in [-0.4, -0.2) is 17.0 Å². The predicted octanol–water partition coefficient (Wildman–Crippen LogP) is 2.24. The van der Waals surface area contributed by atoms with E-state index in [9.17, 15) is 0 Å². The molecule has 17 heavy (non-hydrogen) atoms. The Morgan fingerprint density at radius 2 is 1.88 bits per heavy atom. The van der Waals surface area contributed by atoms with Crippen LogP contribution in [0.3, 0.4) is 0 Å². The molecule has 0 saturated heterocycles. The van der Waals surface area contributed by atoms with Crippen molar-refractivity contribution in [2.75, 3.05) is 12.4 Å². The maximum absolute atomic E-state index is 5.56. The predicted molar refractivity (Wildman–Crippen MR) is 66.5 cm³/mol. The second kappa shape index (κ2) is 5.96. The Morgan fingerprint density at radius 1 is 1.06 bits per heavy atom. The maximum Gasteiger partial charge on any atom is 0.144 e. The zero-order valence-corrected chi connectivity index (χ0v) is 9.76. The molecular formula is C13H15N3O. The molecule has 0 aliphatic carbocycles. The van der Waals surface area contributed by atoms with Crippen molar-refractivity contribution in [1.82, 2.24) is 9.97 Å². The molecule has 0 bridgehead atoms. The molecule has 0 aliphatic heterocycles. The fourth-order valence-electron chi connectivity index (χ4n) is 1.41. The lowest BCUT2D eigenvalue weighted by atomic mass is 10.2. The Balaban J connectivity index is 1.82. The molecular weight excluding hydrogens is 214 g/mol. The van der Waals surface area contributed by atoms with Gasteiger partial charge in [-0.15, -0.1) is 0 Å². The van der Waals surface area contributed by atoms with Crippen LogP contribution in [0.1, 0.15) is 11.3 Å². The summed E-state index contributed by atoms with van der Waals surface area (Å²) in [6, 6.07) is 10.1. The number of rotatable bonds is 5. The Labute approximate surface area is 101 Å². The lowest BCUT2D eigenvalue weighted by Crippen LogP contribution is -1.99. The molecule has 1 aromatic carbocycles. The Hall–Kier alpha value is -1.94. The lowest BCUT2D eigenvalue weighted by molar-refractivity contribution is 0.104. The van der Waals surface area contributed by atoms with Crippen LogP contribution >= 0.6 is 0 Å². The highest BCUT2D eigenvalue weighted by atomic mass is 16.5.